The third-order valence-corrected chi connectivity index (χ3v) is 3.42. The molecular weight excluding hydrogens is 227 g/mol. The molecular formula is C15H23FN2. The predicted molar refractivity (Wildman–Crippen MR) is 74.5 cm³/mol. The Morgan fingerprint density at radius 3 is 2.67 bits per heavy atom. The first-order valence-corrected chi connectivity index (χ1v) is 7.04. The number of halogens is 1. The molecule has 1 N–H and O–H groups in total. The molecule has 1 heterocycles. The van der Waals surface area contributed by atoms with Gasteiger partial charge in [0.15, 0.2) is 0 Å². The monoisotopic (exact) mass is 250 g/mol. The third kappa shape index (κ3) is 3.70. The SMILES string of the molecule is CCCNCc1cc(F)cc(N2CCCCC2)c1. The smallest absolute Gasteiger partial charge is 0.125 e. The van der Waals surface area contributed by atoms with Crippen LogP contribution in [0.1, 0.15) is 38.2 Å². The predicted octanol–water partition coefficient (Wildman–Crippen LogP) is 3.32. The van der Waals surface area contributed by atoms with Crippen LogP contribution in [0.15, 0.2) is 18.2 Å². The van der Waals surface area contributed by atoms with Gasteiger partial charge in [-0.15, -0.1) is 0 Å². The molecule has 0 amide bonds. The van der Waals surface area contributed by atoms with Gasteiger partial charge in [-0.3, -0.25) is 0 Å². The Morgan fingerprint density at radius 2 is 1.94 bits per heavy atom. The van der Waals surface area contributed by atoms with E-state index < -0.39 is 0 Å². The Bertz CT molecular complexity index is 373. The maximum atomic E-state index is 13.6. The van der Waals surface area contributed by atoms with E-state index in [1.54, 1.807) is 12.1 Å². The maximum Gasteiger partial charge on any atom is 0.125 e. The van der Waals surface area contributed by atoms with Crippen LogP contribution < -0.4 is 10.2 Å². The molecule has 1 aromatic rings. The minimum absolute atomic E-state index is 0.119. The number of hydrogen-bond donors (Lipinski definition) is 1. The topological polar surface area (TPSA) is 15.3 Å². The molecule has 3 heteroatoms. The zero-order valence-electron chi connectivity index (χ0n) is 11.2. The molecule has 1 aromatic carbocycles. The average Bonchev–Trinajstić information content (AvgIpc) is 2.39. The van der Waals surface area contributed by atoms with Crippen LogP contribution in [0.25, 0.3) is 0 Å². The van der Waals surface area contributed by atoms with Crippen molar-refractivity contribution in [3.8, 4) is 0 Å². The summed E-state index contributed by atoms with van der Waals surface area (Å²) in [5, 5.41) is 3.32. The van der Waals surface area contributed by atoms with Crippen LogP contribution in [0.4, 0.5) is 10.1 Å². The summed E-state index contributed by atoms with van der Waals surface area (Å²) < 4.78 is 13.6. The fraction of sp³-hybridized carbons (Fsp3) is 0.600. The first-order chi connectivity index (χ1) is 8.79. The Hall–Kier alpha value is -1.09. The molecule has 2 nitrogen and oxygen atoms in total. The van der Waals surface area contributed by atoms with Crippen molar-refractivity contribution in [2.45, 2.75) is 39.2 Å². The standard InChI is InChI=1S/C15H23FN2/c1-2-6-17-12-13-9-14(16)11-15(10-13)18-7-4-3-5-8-18/h9-11,17H,2-8,12H2,1H3. The number of piperidine rings is 1. The van der Waals surface area contributed by atoms with E-state index >= 15 is 0 Å². The van der Waals surface area contributed by atoms with Crippen LogP contribution in [0, 0.1) is 5.82 Å². The summed E-state index contributed by atoms with van der Waals surface area (Å²) in [4.78, 5) is 2.30. The molecule has 2 rings (SSSR count). The third-order valence-electron chi connectivity index (χ3n) is 3.42. The minimum atomic E-state index is -0.119. The molecule has 0 atom stereocenters. The van der Waals surface area contributed by atoms with E-state index in [0.29, 0.717) is 0 Å². The minimum Gasteiger partial charge on any atom is -0.371 e. The van der Waals surface area contributed by atoms with Crippen molar-refractivity contribution in [3.05, 3.63) is 29.6 Å². The van der Waals surface area contributed by atoms with Crippen molar-refractivity contribution in [1.82, 2.24) is 5.32 Å². The van der Waals surface area contributed by atoms with Gasteiger partial charge < -0.3 is 10.2 Å². The summed E-state index contributed by atoms with van der Waals surface area (Å²) in [6, 6.07) is 5.42. The number of hydrogen-bond acceptors (Lipinski definition) is 2. The quantitative estimate of drug-likeness (QED) is 0.806. The molecule has 0 aromatic heterocycles. The fourth-order valence-electron chi connectivity index (χ4n) is 2.48. The van der Waals surface area contributed by atoms with E-state index in [1.807, 2.05) is 0 Å². The van der Waals surface area contributed by atoms with Gasteiger partial charge in [-0.05, 0) is 56.0 Å². The van der Waals surface area contributed by atoms with Crippen molar-refractivity contribution < 1.29 is 4.39 Å². The second-order valence-electron chi connectivity index (χ2n) is 5.04. The van der Waals surface area contributed by atoms with Crippen molar-refractivity contribution in [3.63, 3.8) is 0 Å². The Kier molecular flexibility index (Phi) is 5.00. The van der Waals surface area contributed by atoms with Crippen molar-refractivity contribution in [1.29, 1.82) is 0 Å². The van der Waals surface area contributed by atoms with Gasteiger partial charge in [0.2, 0.25) is 0 Å². The number of benzene rings is 1. The van der Waals surface area contributed by atoms with Crippen LogP contribution >= 0.6 is 0 Å². The molecule has 0 bridgehead atoms. The zero-order chi connectivity index (χ0) is 12.8. The van der Waals surface area contributed by atoms with Gasteiger partial charge in [-0.25, -0.2) is 4.39 Å². The summed E-state index contributed by atoms with van der Waals surface area (Å²) in [5.41, 5.74) is 2.09. The second-order valence-corrected chi connectivity index (χ2v) is 5.04. The first kappa shape index (κ1) is 13.3. The van der Waals surface area contributed by atoms with E-state index in [1.165, 1.54) is 19.3 Å². The van der Waals surface area contributed by atoms with Crippen LogP contribution in [0.3, 0.4) is 0 Å². The van der Waals surface area contributed by atoms with E-state index in [-0.39, 0.29) is 5.82 Å². The molecule has 1 aliphatic heterocycles. The summed E-state index contributed by atoms with van der Waals surface area (Å²) in [6.45, 7) is 6.00. The lowest BCUT2D eigenvalue weighted by Gasteiger charge is -2.29. The normalized spacial score (nSPS) is 16.0. The van der Waals surface area contributed by atoms with E-state index in [0.717, 1.165) is 43.9 Å². The number of nitrogens with zero attached hydrogens (tertiary/aromatic N) is 1. The van der Waals surface area contributed by atoms with Crippen LogP contribution in [-0.2, 0) is 6.54 Å². The molecule has 0 aliphatic carbocycles. The number of anilines is 1. The summed E-state index contributed by atoms with van der Waals surface area (Å²) in [7, 11) is 0. The van der Waals surface area contributed by atoms with E-state index in [9.17, 15) is 4.39 Å². The number of rotatable bonds is 5. The zero-order valence-corrected chi connectivity index (χ0v) is 11.2. The Morgan fingerprint density at radius 1 is 1.17 bits per heavy atom. The molecule has 18 heavy (non-hydrogen) atoms. The fourth-order valence-corrected chi connectivity index (χ4v) is 2.48. The first-order valence-electron chi connectivity index (χ1n) is 7.04. The van der Waals surface area contributed by atoms with Crippen molar-refractivity contribution in [2.75, 3.05) is 24.5 Å². The van der Waals surface area contributed by atoms with E-state index in [2.05, 4.69) is 23.2 Å². The lowest BCUT2D eigenvalue weighted by Crippen LogP contribution is -2.29. The Labute approximate surface area is 109 Å². The van der Waals surface area contributed by atoms with Gasteiger partial charge in [0.1, 0.15) is 5.82 Å². The highest BCUT2D eigenvalue weighted by molar-refractivity contribution is 5.49. The van der Waals surface area contributed by atoms with Gasteiger partial charge in [0.05, 0.1) is 0 Å². The van der Waals surface area contributed by atoms with Gasteiger partial charge in [0, 0.05) is 25.3 Å². The number of nitrogens with one attached hydrogen (secondary N) is 1. The van der Waals surface area contributed by atoms with Gasteiger partial charge >= 0.3 is 0 Å². The summed E-state index contributed by atoms with van der Waals surface area (Å²) >= 11 is 0. The highest BCUT2D eigenvalue weighted by Crippen LogP contribution is 2.22. The van der Waals surface area contributed by atoms with Crippen molar-refractivity contribution >= 4 is 5.69 Å². The molecule has 100 valence electrons. The largest absolute Gasteiger partial charge is 0.371 e. The lowest BCUT2D eigenvalue weighted by atomic mass is 10.1. The summed E-state index contributed by atoms with van der Waals surface area (Å²) in [6.07, 6.45) is 4.85. The highest BCUT2D eigenvalue weighted by atomic mass is 19.1. The molecule has 1 saturated heterocycles. The van der Waals surface area contributed by atoms with Crippen LogP contribution in [0.2, 0.25) is 0 Å². The van der Waals surface area contributed by atoms with Crippen LogP contribution in [0.5, 0.6) is 0 Å². The maximum absolute atomic E-state index is 13.6. The molecule has 0 unspecified atom stereocenters. The average molecular weight is 250 g/mol. The second kappa shape index (κ2) is 6.74. The molecule has 0 saturated carbocycles. The highest BCUT2D eigenvalue weighted by Gasteiger charge is 2.12. The lowest BCUT2D eigenvalue weighted by molar-refractivity contribution is 0.572. The molecule has 0 spiro atoms. The molecule has 0 radical (unpaired) electrons. The van der Waals surface area contributed by atoms with Crippen molar-refractivity contribution in [2.24, 2.45) is 0 Å². The van der Waals surface area contributed by atoms with E-state index in [4.69, 9.17) is 0 Å². The molecule has 1 aliphatic rings. The summed E-state index contributed by atoms with van der Waals surface area (Å²) in [5.74, 6) is -0.119. The van der Waals surface area contributed by atoms with Gasteiger partial charge in [-0.2, -0.15) is 0 Å². The van der Waals surface area contributed by atoms with Crippen LogP contribution in [-0.4, -0.2) is 19.6 Å². The van der Waals surface area contributed by atoms with Gasteiger partial charge in [-0.1, -0.05) is 6.92 Å². The van der Waals surface area contributed by atoms with Gasteiger partial charge in [0.25, 0.3) is 0 Å². The molecule has 1 fully saturated rings. The Balaban J connectivity index is 2.05.